The summed E-state index contributed by atoms with van der Waals surface area (Å²) in [5.74, 6) is -0.234. The number of hydrogen-bond acceptors (Lipinski definition) is 6. The molecule has 0 spiro atoms. The average molecular weight is 445 g/mol. The second-order valence-corrected chi connectivity index (χ2v) is 6.93. The van der Waals surface area contributed by atoms with Gasteiger partial charge in [0.2, 0.25) is 11.8 Å². The first-order valence-electron chi connectivity index (χ1n) is 8.62. The summed E-state index contributed by atoms with van der Waals surface area (Å²) >= 11 is 11.9. The third-order valence-corrected chi connectivity index (χ3v) is 4.65. The summed E-state index contributed by atoms with van der Waals surface area (Å²) in [4.78, 5) is 21.1. The zero-order chi connectivity index (χ0) is 21.8. The van der Waals surface area contributed by atoms with Crippen LogP contribution in [0, 0.1) is 0 Å². The van der Waals surface area contributed by atoms with Gasteiger partial charge in [0.05, 0.1) is 34.6 Å². The summed E-state index contributed by atoms with van der Waals surface area (Å²) < 4.78 is 7.04. The number of hydrogen-bond donors (Lipinski definition) is 2. The number of nitrogens with one attached hydrogen (secondary N) is 2. The van der Waals surface area contributed by atoms with Gasteiger partial charge in [-0.25, -0.2) is 4.98 Å². The van der Waals surface area contributed by atoms with Crippen molar-refractivity contribution in [2.24, 2.45) is 7.05 Å². The first-order chi connectivity index (χ1) is 14.3. The Hall–Kier alpha value is -3.36. The lowest BCUT2D eigenvalue weighted by atomic mass is 10.2. The molecule has 0 fully saturated rings. The molecule has 0 atom stereocenters. The fourth-order valence-corrected chi connectivity index (χ4v) is 3.01. The van der Waals surface area contributed by atoms with Crippen molar-refractivity contribution in [2.45, 2.75) is 0 Å². The van der Waals surface area contributed by atoms with Crippen LogP contribution >= 0.6 is 23.2 Å². The number of amides is 1. The third-order valence-electron chi connectivity index (χ3n) is 4.12. The van der Waals surface area contributed by atoms with Crippen LogP contribution in [0.2, 0.25) is 0 Å². The quantitative estimate of drug-likeness (QED) is 0.529. The number of aromatic nitrogens is 4. The normalized spacial score (nSPS) is 11.6. The standard InChI is InChI=1S/C20H18Cl2N6O2/c1-5-15(22)17(11(2)21)26-18(29)14-10-23-20(27-19(14)30-4)25-13-6-7-16-12(8-13)9-24-28(16)3/h5-10H,1-2H2,3-4H3,(H,26,29)(H,23,25,27)/b17-15-. The van der Waals surface area contributed by atoms with Crippen molar-refractivity contribution in [3.8, 4) is 5.88 Å². The monoisotopic (exact) mass is 444 g/mol. The van der Waals surface area contributed by atoms with E-state index >= 15 is 0 Å². The van der Waals surface area contributed by atoms with Gasteiger partial charge >= 0.3 is 0 Å². The Kier molecular flexibility index (Phi) is 6.39. The van der Waals surface area contributed by atoms with E-state index in [1.165, 1.54) is 19.4 Å². The highest BCUT2D eigenvalue weighted by Crippen LogP contribution is 2.24. The SMILES string of the molecule is C=C/C(Cl)=C(/NC(=O)c1cnc(Nc2ccc3c(cnn3C)c2)nc1OC)C(=C)Cl. The highest BCUT2D eigenvalue weighted by atomic mass is 35.5. The Labute approximate surface area is 182 Å². The van der Waals surface area contributed by atoms with Crippen molar-refractivity contribution in [1.29, 1.82) is 0 Å². The van der Waals surface area contributed by atoms with E-state index in [-0.39, 0.29) is 33.2 Å². The number of methoxy groups -OCH3 is 1. The minimum atomic E-state index is -0.563. The number of carbonyl (C=O) groups is 1. The number of rotatable bonds is 7. The van der Waals surface area contributed by atoms with Gasteiger partial charge in [0.15, 0.2) is 0 Å². The minimum absolute atomic E-state index is 0.0530. The molecule has 0 bridgehead atoms. The Morgan fingerprint density at radius 2 is 2.07 bits per heavy atom. The van der Waals surface area contributed by atoms with Crippen LogP contribution in [0.15, 0.2) is 65.6 Å². The number of fused-ring (bicyclic) bond motifs is 1. The molecule has 2 N–H and O–H groups in total. The lowest BCUT2D eigenvalue weighted by Gasteiger charge is -2.12. The maximum Gasteiger partial charge on any atom is 0.262 e. The number of anilines is 2. The molecule has 10 heteroatoms. The van der Waals surface area contributed by atoms with Gasteiger partial charge in [-0.1, -0.05) is 36.4 Å². The zero-order valence-electron chi connectivity index (χ0n) is 16.2. The molecule has 0 aliphatic rings. The summed E-state index contributed by atoms with van der Waals surface area (Å²) in [5.41, 5.74) is 1.98. The number of nitrogens with zero attached hydrogens (tertiary/aromatic N) is 4. The van der Waals surface area contributed by atoms with Gasteiger partial charge in [0.25, 0.3) is 5.91 Å². The third kappa shape index (κ3) is 4.45. The summed E-state index contributed by atoms with van der Waals surface area (Å²) in [6.07, 6.45) is 4.44. The van der Waals surface area contributed by atoms with Gasteiger partial charge in [-0.15, -0.1) is 0 Å². The fraction of sp³-hybridized carbons (Fsp3) is 0.100. The predicted molar refractivity (Wildman–Crippen MR) is 118 cm³/mol. The van der Waals surface area contributed by atoms with Crippen LogP contribution in [0.4, 0.5) is 11.6 Å². The Morgan fingerprint density at radius 3 is 2.73 bits per heavy atom. The second-order valence-electron chi connectivity index (χ2n) is 6.07. The van der Waals surface area contributed by atoms with Crippen LogP contribution in [0.1, 0.15) is 10.4 Å². The minimum Gasteiger partial charge on any atom is -0.480 e. The van der Waals surface area contributed by atoms with Crippen LogP contribution in [-0.2, 0) is 7.05 Å². The van der Waals surface area contributed by atoms with E-state index in [9.17, 15) is 4.79 Å². The first kappa shape index (κ1) is 21.4. The highest BCUT2D eigenvalue weighted by Gasteiger charge is 2.18. The number of benzene rings is 1. The molecule has 2 aromatic heterocycles. The summed E-state index contributed by atoms with van der Waals surface area (Å²) in [6, 6.07) is 5.72. The molecule has 0 aliphatic heterocycles. The molecular formula is C20H18Cl2N6O2. The van der Waals surface area contributed by atoms with Crippen molar-refractivity contribution in [3.63, 3.8) is 0 Å². The van der Waals surface area contributed by atoms with Crippen LogP contribution in [0.3, 0.4) is 0 Å². The van der Waals surface area contributed by atoms with Crippen molar-refractivity contribution in [1.82, 2.24) is 25.1 Å². The molecule has 0 radical (unpaired) electrons. The Balaban J connectivity index is 1.85. The number of carbonyl (C=O) groups excluding carboxylic acids is 1. The molecule has 1 aromatic carbocycles. The summed E-state index contributed by atoms with van der Waals surface area (Å²) in [5, 5.41) is 11.0. The van der Waals surface area contributed by atoms with Gasteiger partial charge in [0.1, 0.15) is 5.56 Å². The first-order valence-corrected chi connectivity index (χ1v) is 9.37. The molecular weight excluding hydrogens is 427 g/mol. The van der Waals surface area contributed by atoms with E-state index in [2.05, 4.69) is 38.9 Å². The zero-order valence-corrected chi connectivity index (χ0v) is 17.8. The molecule has 0 saturated heterocycles. The highest BCUT2D eigenvalue weighted by molar-refractivity contribution is 6.36. The predicted octanol–water partition coefficient (Wildman–Crippen LogP) is 4.23. The average Bonchev–Trinajstić information content (AvgIpc) is 3.11. The molecule has 154 valence electrons. The molecule has 30 heavy (non-hydrogen) atoms. The van der Waals surface area contributed by atoms with E-state index < -0.39 is 5.91 Å². The molecule has 0 saturated carbocycles. The van der Waals surface area contributed by atoms with Gasteiger partial charge in [-0.3, -0.25) is 9.48 Å². The Morgan fingerprint density at radius 1 is 1.30 bits per heavy atom. The van der Waals surface area contributed by atoms with Gasteiger partial charge < -0.3 is 15.4 Å². The van der Waals surface area contributed by atoms with E-state index in [0.717, 1.165) is 16.6 Å². The van der Waals surface area contributed by atoms with Crippen molar-refractivity contribution < 1.29 is 9.53 Å². The topological polar surface area (TPSA) is 94.0 Å². The van der Waals surface area contributed by atoms with Crippen LogP contribution in [0.25, 0.3) is 10.9 Å². The summed E-state index contributed by atoms with van der Waals surface area (Å²) in [6.45, 7) is 7.13. The second kappa shape index (κ2) is 8.98. The van der Waals surface area contributed by atoms with Gasteiger partial charge in [0, 0.05) is 24.3 Å². The van der Waals surface area contributed by atoms with Gasteiger partial charge in [-0.2, -0.15) is 10.1 Å². The molecule has 1 amide bonds. The van der Waals surface area contributed by atoms with Crippen molar-refractivity contribution in [2.75, 3.05) is 12.4 Å². The van der Waals surface area contributed by atoms with E-state index in [0.29, 0.717) is 0 Å². The van der Waals surface area contributed by atoms with E-state index in [1.54, 1.807) is 10.9 Å². The maximum atomic E-state index is 12.7. The maximum absolute atomic E-state index is 12.7. The van der Waals surface area contributed by atoms with Crippen molar-refractivity contribution >= 4 is 51.6 Å². The van der Waals surface area contributed by atoms with E-state index in [4.69, 9.17) is 27.9 Å². The fourth-order valence-electron chi connectivity index (χ4n) is 2.65. The summed E-state index contributed by atoms with van der Waals surface area (Å²) in [7, 11) is 3.27. The molecule has 8 nitrogen and oxygen atoms in total. The molecule has 0 unspecified atom stereocenters. The molecule has 0 aliphatic carbocycles. The lowest BCUT2D eigenvalue weighted by molar-refractivity contribution is 0.0962. The van der Waals surface area contributed by atoms with Crippen LogP contribution < -0.4 is 15.4 Å². The van der Waals surface area contributed by atoms with Crippen LogP contribution in [-0.4, -0.2) is 32.8 Å². The Bertz CT molecular complexity index is 1190. The molecule has 3 rings (SSSR count). The smallest absolute Gasteiger partial charge is 0.262 e. The molecule has 2 heterocycles. The lowest BCUT2D eigenvalue weighted by Crippen LogP contribution is -2.24. The number of aryl methyl sites for hydroxylation is 1. The number of halogens is 2. The molecule has 3 aromatic rings. The van der Waals surface area contributed by atoms with E-state index in [1.807, 2.05) is 25.2 Å². The van der Waals surface area contributed by atoms with Crippen LogP contribution in [0.5, 0.6) is 5.88 Å². The number of ether oxygens (including phenoxy) is 1. The van der Waals surface area contributed by atoms with Crippen molar-refractivity contribution in [3.05, 3.63) is 71.2 Å². The van der Waals surface area contributed by atoms with Gasteiger partial charge in [-0.05, 0) is 24.3 Å². The number of allylic oxidation sites excluding steroid dienone is 3. The largest absolute Gasteiger partial charge is 0.480 e.